The van der Waals surface area contributed by atoms with Crippen LogP contribution in [-0.2, 0) is 4.79 Å². The molecule has 6 atom stereocenters. The lowest BCUT2D eigenvalue weighted by molar-refractivity contribution is -0.113. The molecule has 0 saturated heterocycles. The third kappa shape index (κ3) is 2.23. The molecule has 2 heteroatoms. The summed E-state index contributed by atoms with van der Waals surface area (Å²) in [6.45, 7) is 11.6. The fraction of sp³-hybridized carbons (Fsp3) is 0.792. The molecule has 26 heavy (non-hydrogen) atoms. The third-order valence-electron chi connectivity index (χ3n) is 9.28. The third-order valence-corrected chi connectivity index (χ3v) is 9.28. The summed E-state index contributed by atoms with van der Waals surface area (Å²) in [6, 6.07) is 0. The van der Waals surface area contributed by atoms with Crippen LogP contribution in [-0.4, -0.2) is 17.5 Å². The molecule has 1 fully saturated rings. The molecule has 0 aromatic carbocycles. The van der Waals surface area contributed by atoms with Gasteiger partial charge in [-0.2, -0.15) is 0 Å². The Balaban J connectivity index is 1.75. The highest BCUT2D eigenvalue weighted by molar-refractivity contribution is 5.57. The second kappa shape index (κ2) is 5.80. The van der Waals surface area contributed by atoms with E-state index in [1.807, 2.05) is 0 Å². The Hall–Kier alpha value is -0.890. The maximum Gasteiger partial charge on any atom is 0.123 e. The van der Waals surface area contributed by atoms with Crippen LogP contribution in [0.4, 0.5) is 0 Å². The van der Waals surface area contributed by atoms with Gasteiger partial charge < -0.3 is 9.90 Å². The molecule has 0 aromatic rings. The van der Waals surface area contributed by atoms with E-state index in [2.05, 4.69) is 40.7 Å². The molecule has 1 N–H and O–H groups in total. The van der Waals surface area contributed by atoms with Crippen LogP contribution in [0, 0.1) is 34.0 Å². The van der Waals surface area contributed by atoms with Gasteiger partial charge in [0.05, 0.1) is 6.10 Å². The maximum absolute atomic E-state index is 11.5. The predicted molar refractivity (Wildman–Crippen MR) is 106 cm³/mol. The molecular weight excluding hydrogens is 320 g/mol. The maximum atomic E-state index is 11.5. The Morgan fingerprint density at radius 1 is 1.12 bits per heavy atom. The minimum absolute atomic E-state index is 0.00487. The van der Waals surface area contributed by atoms with Crippen LogP contribution in [0.2, 0.25) is 0 Å². The number of hydrogen-bond donors (Lipinski definition) is 1. The van der Waals surface area contributed by atoms with Crippen LogP contribution in [0.15, 0.2) is 22.8 Å². The van der Waals surface area contributed by atoms with Crippen molar-refractivity contribution in [2.75, 3.05) is 0 Å². The summed E-state index contributed by atoms with van der Waals surface area (Å²) in [7, 11) is 0. The Labute approximate surface area is 159 Å². The van der Waals surface area contributed by atoms with E-state index in [9.17, 15) is 9.90 Å². The summed E-state index contributed by atoms with van der Waals surface area (Å²) >= 11 is 0. The molecule has 0 amide bonds. The van der Waals surface area contributed by atoms with Gasteiger partial charge in [-0.25, -0.2) is 0 Å². The van der Waals surface area contributed by atoms with E-state index >= 15 is 0 Å². The molecule has 0 aliphatic heterocycles. The first-order chi connectivity index (χ1) is 12.2. The van der Waals surface area contributed by atoms with Crippen molar-refractivity contribution in [1.29, 1.82) is 0 Å². The van der Waals surface area contributed by atoms with Crippen molar-refractivity contribution < 1.29 is 9.90 Å². The van der Waals surface area contributed by atoms with Gasteiger partial charge in [0.25, 0.3) is 0 Å². The fourth-order valence-electron chi connectivity index (χ4n) is 7.61. The first-order valence-electron chi connectivity index (χ1n) is 10.7. The van der Waals surface area contributed by atoms with Gasteiger partial charge in [-0.15, -0.1) is 0 Å². The van der Waals surface area contributed by atoms with Crippen LogP contribution in [0.25, 0.3) is 0 Å². The molecule has 0 radical (unpaired) electrons. The Bertz CT molecular complexity index is 684. The van der Waals surface area contributed by atoms with E-state index in [0.29, 0.717) is 11.8 Å². The van der Waals surface area contributed by atoms with Gasteiger partial charge in [0.15, 0.2) is 0 Å². The van der Waals surface area contributed by atoms with Crippen LogP contribution >= 0.6 is 0 Å². The SMILES string of the molecule is CC(C=O)[C@H]1CC=C2C3=C(CC[C@@]21C)[C@@]1(C)CCC(O)C(C)(C)C1CC3. The standard InChI is InChI=1S/C24H36O2/c1-15(14-25)17-7-8-18-16-6-9-20-22(2,3)21(26)11-13-24(20,5)19(16)10-12-23(17,18)4/h8,14-15,17,20-21,26H,6-7,9-13H2,1-5H3/t15?,17-,20?,21?,23-,24-/m1/s1. The van der Waals surface area contributed by atoms with Gasteiger partial charge in [0, 0.05) is 5.92 Å². The van der Waals surface area contributed by atoms with Crippen molar-refractivity contribution in [3.05, 3.63) is 22.8 Å². The Kier molecular flexibility index (Phi) is 4.12. The van der Waals surface area contributed by atoms with E-state index in [1.165, 1.54) is 25.5 Å². The molecule has 2 nitrogen and oxygen atoms in total. The second-order valence-electron chi connectivity index (χ2n) is 10.7. The highest BCUT2D eigenvalue weighted by atomic mass is 16.3. The molecule has 3 unspecified atom stereocenters. The summed E-state index contributed by atoms with van der Waals surface area (Å²) in [5, 5.41) is 10.6. The molecule has 0 bridgehead atoms. The summed E-state index contributed by atoms with van der Waals surface area (Å²) < 4.78 is 0. The average Bonchev–Trinajstić information content (AvgIpc) is 2.95. The number of fused-ring (bicyclic) bond motifs is 4. The number of allylic oxidation sites excluding steroid dienone is 4. The number of aliphatic hydroxyl groups is 1. The predicted octanol–water partition coefficient (Wildman–Crippen LogP) is 5.46. The Morgan fingerprint density at radius 2 is 1.85 bits per heavy atom. The lowest BCUT2D eigenvalue weighted by Crippen LogP contribution is -2.53. The Morgan fingerprint density at radius 3 is 2.54 bits per heavy atom. The van der Waals surface area contributed by atoms with Crippen molar-refractivity contribution >= 4 is 6.29 Å². The van der Waals surface area contributed by atoms with E-state index in [4.69, 9.17) is 0 Å². The topological polar surface area (TPSA) is 37.3 Å². The van der Waals surface area contributed by atoms with E-state index < -0.39 is 0 Å². The minimum atomic E-state index is -0.167. The highest BCUT2D eigenvalue weighted by Crippen LogP contribution is 2.66. The number of hydrogen-bond acceptors (Lipinski definition) is 2. The first-order valence-corrected chi connectivity index (χ1v) is 10.7. The van der Waals surface area contributed by atoms with Gasteiger partial charge in [0.2, 0.25) is 0 Å². The molecular formula is C24H36O2. The number of rotatable bonds is 2. The average molecular weight is 357 g/mol. The zero-order chi connectivity index (χ0) is 18.9. The summed E-state index contributed by atoms with van der Waals surface area (Å²) in [6.07, 6.45) is 11.3. The molecule has 0 heterocycles. The van der Waals surface area contributed by atoms with E-state index in [0.717, 1.165) is 25.7 Å². The van der Waals surface area contributed by atoms with Gasteiger partial charge in [-0.3, -0.25) is 0 Å². The summed E-state index contributed by atoms with van der Waals surface area (Å²) in [5.41, 5.74) is 5.37. The van der Waals surface area contributed by atoms with Gasteiger partial charge >= 0.3 is 0 Å². The van der Waals surface area contributed by atoms with Crippen molar-refractivity contribution in [2.45, 2.75) is 85.7 Å². The van der Waals surface area contributed by atoms with Crippen molar-refractivity contribution in [3.8, 4) is 0 Å². The number of aliphatic hydroxyl groups excluding tert-OH is 1. The fourth-order valence-corrected chi connectivity index (χ4v) is 7.61. The zero-order valence-electron chi connectivity index (χ0n) is 17.3. The molecule has 0 aromatic heterocycles. The van der Waals surface area contributed by atoms with Gasteiger partial charge in [0.1, 0.15) is 6.29 Å². The summed E-state index contributed by atoms with van der Waals surface area (Å²) in [5.74, 6) is 1.19. The lowest BCUT2D eigenvalue weighted by atomic mass is 9.46. The smallest absolute Gasteiger partial charge is 0.123 e. The van der Waals surface area contributed by atoms with E-state index in [-0.39, 0.29) is 28.3 Å². The van der Waals surface area contributed by atoms with Crippen LogP contribution in [0.1, 0.15) is 79.6 Å². The van der Waals surface area contributed by atoms with Crippen LogP contribution in [0.5, 0.6) is 0 Å². The quantitative estimate of drug-likeness (QED) is 0.667. The van der Waals surface area contributed by atoms with Crippen LogP contribution in [0.3, 0.4) is 0 Å². The minimum Gasteiger partial charge on any atom is -0.393 e. The number of carbonyl (C=O) groups is 1. The van der Waals surface area contributed by atoms with Gasteiger partial charge in [-0.05, 0) is 84.2 Å². The normalized spacial score (nSPS) is 45.3. The van der Waals surface area contributed by atoms with Crippen molar-refractivity contribution in [2.24, 2.45) is 34.0 Å². The monoisotopic (exact) mass is 356 g/mol. The molecule has 4 aliphatic carbocycles. The van der Waals surface area contributed by atoms with Gasteiger partial charge in [-0.1, -0.05) is 46.3 Å². The molecule has 144 valence electrons. The first kappa shape index (κ1) is 18.5. The number of carbonyl (C=O) groups excluding carboxylic acids is 1. The van der Waals surface area contributed by atoms with E-state index in [1.54, 1.807) is 16.7 Å². The molecule has 4 rings (SSSR count). The summed E-state index contributed by atoms with van der Waals surface area (Å²) in [4.78, 5) is 11.5. The lowest BCUT2D eigenvalue weighted by Gasteiger charge is -2.59. The highest BCUT2D eigenvalue weighted by Gasteiger charge is 2.57. The molecule has 1 saturated carbocycles. The zero-order valence-corrected chi connectivity index (χ0v) is 17.3. The van der Waals surface area contributed by atoms with Crippen molar-refractivity contribution in [3.63, 3.8) is 0 Å². The second-order valence-corrected chi connectivity index (χ2v) is 10.7. The molecule has 0 spiro atoms. The molecule has 4 aliphatic rings. The van der Waals surface area contributed by atoms with Crippen LogP contribution < -0.4 is 0 Å². The van der Waals surface area contributed by atoms with Crippen molar-refractivity contribution in [1.82, 2.24) is 0 Å². The largest absolute Gasteiger partial charge is 0.393 e. The number of aldehydes is 1.